The molecular weight excluding hydrogens is 260 g/mol. The fourth-order valence-corrected chi connectivity index (χ4v) is 2.33. The molecule has 1 aliphatic heterocycles. The summed E-state index contributed by atoms with van der Waals surface area (Å²) in [5.74, 6) is 1.53. The molecule has 0 saturated carbocycles. The summed E-state index contributed by atoms with van der Waals surface area (Å²) in [7, 11) is 1.35. The number of nitrogens with zero attached hydrogens (tertiary/aromatic N) is 3. The molecule has 7 nitrogen and oxygen atoms in total. The molecule has 1 N–H and O–H groups in total. The van der Waals surface area contributed by atoms with Gasteiger partial charge in [-0.25, -0.2) is 9.48 Å². The number of allylic oxidation sites excluding steroid dienone is 1. The molecule has 0 radical (unpaired) electrons. The van der Waals surface area contributed by atoms with Crippen LogP contribution in [0.15, 0.2) is 34.1 Å². The van der Waals surface area contributed by atoms with Crippen LogP contribution in [0.2, 0.25) is 0 Å². The van der Waals surface area contributed by atoms with Crippen LogP contribution in [-0.2, 0) is 9.53 Å². The second-order valence-electron chi connectivity index (χ2n) is 4.53. The Bertz CT molecular complexity index is 698. The van der Waals surface area contributed by atoms with E-state index in [-0.39, 0.29) is 0 Å². The number of ether oxygens (including phenoxy) is 1. The van der Waals surface area contributed by atoms with Crippen LogP contribution in [0.5, 0.6) is 0 Å². The highest BCUT2D eigenvalue weighted by atomic mass is 16.5. The van der Waals surface area contributed by atoms with E-state index in [1.165, 1.54) is 13.4 Å². The molecule has 0 aliphatic carbocycles. The Balaban J connectivity index is 2.18. The van der Waals surface area contributed by atoms with Crippen LogP contribution in [-0.4, -0.2) is 27.8 Å². The molecule has 3 heterocycles. The van der Waals surface area contributed by atoms with Crippen LogP contribution in [0.1, 0.15) is 24.5 Å². The van der Waals surface area contributed by atoms with E-state index in [9.17, 15) is 4.79 Å². The van der Waals surface area contributed by atoms with Gasteiger partial charge in [-0.05, 0) is 26.0 Å². The topological polar surface area (TPSA) is 82.2 Å². The Morgan fingerprint density at radius 1 is 1.45 bits per heavy atom. The average molecular weight is 274 g/mol. The molecule has 0 saturated heterocycles. The highest BCUT2D eigenvalue weighted by Gasteiger charge is 2.35. The fourth-order valence-electron chi connectivity index (χ4n) is 2.33. The van der Waals surface area contributed by atoms with Crippen LogP contribution in [0.3, 0.4) is 0 Å². The zero-order chi connectivity index (χ0) is 14.3. The number of furan rings is 1. The molecule has 0 spiro atoms. The van der Waals surface area contributed by atoms with Crippen LogP contribution in [0.4, 0.5) is 5.95 Å². The lowest BCUT2D eigenvalue weighted by Crippen LogP contribution is -2.29. The number of carbonyl (C=O) groups is 1. The quantitative estimate of drug-likeness (QED) is 0.838. The number of carbonyl (C=O) groups excluding carboxylic acids is 1. The van der Waals surface area contributed by atoms with E-state index in [4.69, 9.17) is 9.15 Å². The summed E-state index contributed by atoms with van der Waals surface area (Å²) in [6, 6.07) is 3.19. The third-order valence-corrected chi connectivity index (χ3v) is 3.23. The normalized spacial score (nSPS) is 17.6. The molecule has 0 fully saturated rings. The van der Waals surface area contributed by atoms with Gasteiger partial charge in [0.1, 0.15) is 23.9 Å². The molecule has 7 heteroatoms. The van der Waals surface area contributed by atoms with Gasteiger partial charge in [0.15, 0.2) is 0 Å². The van der Waals surface area contributed by atoms with Crippen molar-refractivity contribution in [3.8, 4) is 0 Å². The Kier molecular flexibility index (Phi) is 2.81. The first-order valence-electron chi connectivity index (χ1n) is 6.13. The smallest absolute Gasteiger partial charge is 0.338 e. The number of hydrogen-bond acceptors (Lipinski definition) is 6. The highest BCUT2D eigenvalue weighted by Crippen LogP contribution is 2.35. The Morgan fingerprint density at radius 3 is 2.90 bits per heavy atom. The van der Waals surface area contributed by atoms with Crippen molar-refractivity contribution in [2.75, 3.05) is 12.4 Å². The highest BCUT2D eigenvalue weighted by molar-refractivity contribution is 5.92. The van der Waals surface area contributed by atoms with E-state index in [0.29, 0.717) is 23.0 Å². The van der Waals surface area contributed by atoms with Crippen molar-refractivity contribution in [1.82, 2.24) is 14.8 Å². The van der Waals surface area contributed by atoms with Gasteiger partial charge in [0.25, 0.3) is 0 Å². The molecular formula is C13H14N4O3. The van der Waals surface area contributed by atoms with Crippen molar-refractivity contribution in [3.05, 3.63) is 41.3 Å². The summed E-state index contributed by atoms with van der Waals surface area (Å²) in [5.41, 5.74) is 1.14. The predicted molar refractivity (Wildman–Crippen MR) is 69.9 cm³/mol. The van der Waals surface area contributed by atoms with Gasteiger partial charge in [-0.2, -0.15) is 10.1 Å². The standard InChI is InChI=1S/C13H14N4O3/c1-7-4-5-9(20-7)11-10(12(18)19-3)8(2)16-13-14-6-15-17(11)13/h4-6,11H,1-3H3,(H,14,15,16)/t11-/m0/s1. The number of methoxy groups -OCH3 is 1. The van der Waals surface area contributed by atoms with Gasteiger partial charge < -0.3 is 14.5 Å². The van der Waals surface area contributed by atoms with Crippen molar-refractivity contribution in [3.63, 3.8) is 0 Å². The number of anilines is 1. The Labute approximate surface area is 115 Å². The molecule has 0 bridgehead atoms. The van der Waals surface area contributed by atoms with E-state index in [1.807, 2.05) is 19.1 Å². The molecule has 0 amide bonds. The van der Waals surface area contributed by atoms with E-state index >= 15 is 0 Å². The van der Waals surface area contributed by atoms with Gasteiger partial charge in [0, 0.05) is 5.70 Å². The number of esters is 1. The van der Waals surface area contributed by atoms with Gasteiger partial charge in [-0.15, -0.1) is 0 Å². The lowest BCUT2D eigenvalue weighted by atomic mass is 10.0. The van der Waals surface area contributed by atoms with Crippen LogP contribution in [0.25, 0.3) is 0 Å². The van der Waals surface area contributed by atoms with Crippen molar-refractivity contribution in [1.29, 1.82) is 0 Å². The number of nitrogens with one attached hydrogen (secondary N) is 1. The molecule has 0 aromatic carbocycles. The summed E-state index contributed by atoms with van der Waals surface area (Å²) in [6.45, 7) is 3.65. The third-order valence-electron chi connectivity index (χ3n) is 3.23. The Hall–Kier alpha value is -2.57. The van der Waals surface area contributed by atoms with E-state index in [2.05, 4.69) is 15.4 Å². The van der Waals surface area contributed by atoms with Gasteiger partial charge in [-0.3, -0.25) is 0 Å². The summed E-state index contributed by atoms with van der Waals surface area (Å²) < 4.78 is 12.1. The van der Waals surface area contributed by atoms with Gasteiger partial charge in [0.05, 0.1) is 12.7 Å². The van der Waals surface area contributed by atoms with Gasteiger partial charge in [0.2, 0.25) is 5.95 Å². The molecule has 2 aromatic rings. The maximum Gasteiger partial charge on any atom is 0.338 e. The number of hydrogen-bond donors (Lipinski definition) is 1. The minimum atomic E-state index is -0.477. The lowest BCUT2D eigenvalue weighted by molar-refractivity contribution is -0.136. The van der Waals surface area contributed by atoms with Crippen molar-refractivity contribution in [2.45, 2.75) is 19.9 Å². The molecule has 0 unspecified atom stereocenters. The lowest BCUT2D eigenvalue weighted by Gasteiger charge is -2.26. The molecule has 3 rings (SSSR count). The zero-order valence-corrected chi connectivity index (χ0v) is 11.4. The SMILES string of the molecule is COC(=O)C1=C(C)Nc2ncnn2[C@H]1c1ccc(C)o1. The number of rotatable bonds is 2. The second-order valence-corrected chi connectivity index (χ2v) is 4.53. The third kappa shape index (κ3) is 1.78. The van der Waals surface area contributed by atoms with E-state index in [1.54, 1.807) is 11.6 Å². The number of aryl methyl sites for hydroxylation is 1. The molecule has 1 aliphatic rings. The van der Waals surface area contributed by atoms with Crippen LogP contribution < -0.4 is 5.32 Å². The number of fused-ring (bicyclic) bond motifs is 1. The minimum Gasteiger partial charge on any atom is -0.466 e. The maximum atomic E-state index is 12.1. The fraction of sp³-hybridized carbons (Fsp3) is 0.308. The van der Waals surface area contributed by atoms with Crippen molar-refractivity contribution in [2.24, 2.45) is 0 Å². The average Bonchev–Trinajstić information content (AvgIpc) is 3.04. The first kappa shape index (κ1) is 12.5. The first-order chi connectivity index (χ1) is 9.61. The molecule has 1 atom stereocenters. The maximum absolute atomic E-state index is 12.1. The largest absolute Gasteiger partial charge is 0.466 e. The first-order valence-corrected chi connectivity index (χ1v) is 6.13. The van der Waals surface area contributed by atoms with Crippen molar-refractivity contribution >= 4 is 11.9 Å². The van der Waals surface area contributed by atoms with Gasteiger partial charge >= 0.3 is 5.97 Å². The van der Waals surface area contributed by atoms with Crippen molar-refractivity contribution < 1.29 is 13.9 Å². The van der Waals surface area contributed by atoms with E-state index < -0.39 is 12.0 Å². The monoisotopic (exact) mass is 274 g/mol. The minimum absolute atomic E-state index is 0.421. The zero-order valence-electron chi connectivity index (χ0n) is 11.4. The summed E-state index contributed by atoms with van der Waals surface area (Å²) in [4.78, 5) is 16.2. The summed E-state index contributed by atoms with van der Waals surface area (Å²) in [5, 5.41) is 7.20. The van der Waals surface area contributed by atoms with Crippen LogP contribution >= 0.6 is 0 Å². The summed E-state index contributed by atoms with van der Waals surface area (Å²) in [6.07, 6.45) is 1.43. The molecule has 2 aromatic heterocycles. The second kappa shape index (κ2) is 4.52. The molecule has 104 valence electrons. The van der Waals surface area contributed by atoms with Gasteiger partial charge in [-0.1, -0.05) is 0 Å². The number of aromatic nitrogens is 3. The predicted octanol–water partition coefficient (Wildman–Crippen LogP) is 1.64. The summed E-state index contributed by atoms with van der Waals surface area (Å²) >= 11 is 0. The van der Waals surface area contributed by atoms with Crippen LogP contribution in [0, 0.1) is 6.92 Å². The van der Waals surface area contributed by atoms with E-state index in [0.717, 1.165) is 5.76 Å². The molecule has 20 heavy (non-hydrogen) atoms. The Morgan fingerprint density at radius 2 is 2.25 bits per heavy atom.